The quantitative estimate of drug-likeness (QED) is 0.746. The van der Waals surface area contributed by atoms with Crippen LogP contribution in [0.5, 0.6) is 0 Å². The van der Waals surface area contributed by atoms with Crippen LogP contribution in [0.2, 0.25) is 0 Å². The van der Waals surface area contributed by atoms with Crippen molar-refractivity contribution in [3.05, 3.63) is 45.7 Å². The molecule has 0 saturated carbocycles. The van der Waals surface area contributed by atoms with Gasteiger partial charge >= 0.3 is 0 Å². The van der Waals surface area contributed by atoms with Crippen molar-refractivity contribution in [1.82, 2.24) is 4.98 Å². The first kappa shape index (κ1) is 14.3. The Kier molecular flexibility index (Phi) is 2.81. The molecule has 2 atom stereocenters. The number of hydrogen-bond acceptors (Lipinski definition) is 4. The van der Waals surface area contributed by atoms with Gasteiger partial charge in [-0.25, -0.2) is 0 Å². The summed E-state index contributed by atoms with van der Waals surface area (Å²) in [4.78, 5) is 37.3. The Balaban J connectivity index is 1.77. The lowest BCUT2D eigenvalue weighted by Gasteiger charge is -2.43. The number of halogens is 1. The van der Waals surface area contributed by atoms with Crippen LogP contribution in [0.15, 0.2) is 38.9 Å². The van der Waals surface area contributed by atoms with Crippen molar-refractivity contribution in [2.24, 2.45) is 21.3 Å². The normalized spacial score (nSPS) is 30.5. The summed E-state index contributed by atoms with van der Waals surface area (Å²) < 4.78 is 0.551. The van der Waals surface area contributed by atoms with Gasteiger partial charge in [-0.2, -0.15) is 0 Å². The fourth-order valence-electron chi connectivity index (χ4n) is 4.32. The van der Waals surface area contributed by atoms with E-state index in [1.165, 1.54) is 0 Å². The predicted octanol–water partition coefficient (Wildman–Crippen LogP) is 2.42. The molecule has 2 aliphatic heterocycles. The molecule has 2 aliphatic carbocycles. The van der Waals surface area contributed by atoms with Gasteiger partial charge in [0.1, 0.15) is 0 Å². The maximum atomic E-state index is 13.0. The van der Waals surface area contributed by atoms with E-state index < -0.39 is 5.41 Å². The Morgan fingerprint density at radius 3 is 2.88 bits per heavy atom. The topological polar surface area (TPSA) is 74.7 Å². The molecular weight excluding hydrogens is 370 g/mol. The number of aromatic nitrogens is 1. The van der Waals surface area contributed by atoms with Crippen molar-refractivity contribution in [3.63, 3.8) is 0 Å². The first-order valence-electron chi connectivity index (χ1n) is 8.07. The molecule has 1 aromatic heterocycles. The number of rotatable bonds is 0. The highest BCUT2D eigenvalue weighted by molar-refractivity contribution is 9.12. The van der Waals surface area contributed by atoms with Crippen LogP contribution < -0.4 is 0 Å². The summed E-state index contributed by atoms with van der Waals surface area (Å²) in [5.74, 6) is -0.283. The zero-order valence-corrected chi connectivity index (χ0v) is 14.4. The molecule has 24 heavy (non-hydrogen) atoms. The molecule has 0 amide bonds. The lowest BCUT2D eigenvalue weighted by molar-refractivity contribution is -0.110. The molecule has 0 bridgehead atoms. The number of H-pyrrole nitrogens is 1. The van der Waals surface area contributed by atoms with Crippen LogP contribution in [0, 0.1) is 11.3 Å². The predicted molar refractivity (Wildman–Crippen MR) is 94.2 cm³/mol. The highest BCUT2D eigenvalue weighted by atomic mass is 79.9. The molecule has 5 rings (SSSR count). The average molecular weight is 384 g/mol. The largest absolute Gasteiger partial charge is 0.358 e. The maximum absolute atomic E-state index is 13.0. The smallest absolute Gasteiger partial charge is 0.224 e. The Bertz CT molecular complexity index is 934. The number of hydrogen-bond donors (Lipinski definition) is 1. The molecule has 0 saturated heterocycles. The number of Topliss-reactive ketones (excluding diaryl/α,β-unsaturated/α-hetero) is 1. The Morgan fingerprint density at radius 1 is 1.21 bits per heavy atom. The van der Waals surface area contributed by atoms with Gasteiger partial charge in [0.15, 0.2) is 5.78 Å². The van der Waals surface area contributed by atoms with Crippen molar-refractivity contribution in [2.75, 3.05) is 13.1 Å². The summed E-state index contributed by atoms with van der Waals surface area (Å²) in [6.45, 7) is 1.30. The van der Waals surface area contributed by atoms with Crippen LogP contribution in [0.1, 0.15) is 28.0 Å². The Labute approximate surface area is 146 Å². The second kappa shape index (κ2) is 4.72. The monoisotopic (exact) mass is 383 g/mol. The summed E-state index contributed by atoms with van der Waals surface area (Å²) in [5.41, 5.74) is 3.84. The fourth-order valence-corrected chi connectivity index (χ4v) is 4.88. The van der Waals surface area contributed by atoms with E-state index in [9.17, 15) is 9.59 Å². The minimum Gasteiger partial charge on any atom is -0.358 e. The van der Waals surface area contributed by atoms with Gasteiger partial charge in [0.2, 0.25) is 5.78 Å². The number of fused-ring (bicyclic) bond motifs is 3. The van der Waals surface area contributed by atoms with Crippen molar-refractivity contribution in [2.45, 2.75) is 12.8 Å². The second-order valence-electron chi connectivity index (χ2n) is 6.66. The molecule has 4 aliphatic rings. The van der Waals surface area contributed by atoms with Crippen molar-refractivity contribution < 1.29 is 9.59 Å². The Morgan fingerprint density at radius 2 is 2.04 bits per heavy atom. The molecule has 120 valence electrons. The number of aromatic amines is 1. The second-order valence-corrected chi connectivity index (χ2v) is 7.52. The van der Waals surface area contributed by atoms with E-state index in [-0.39, 0.29) is 17.5 Å². The van der Waals surface area contributed by atoms with Crippen LogP contribution in [0.3, 0.4) is 0 Å². The van der Waals surface area contributed by atoms with Crippen molar-refractivity contribution >= 4 is 38.9 Å². The SMILES string of the molecule is O=C1C=C[C@]2(C=C1Br)CCN=C1C(=O)c3[nH]cc4c3C(=NCC4)C12. The van der Waals surface area contributed by atoms with Crippen LogP contribution >= 0.6 is 15.9 Å². The lowest BCUT2D eigenvalue weighted by atomic mass is 9.61. The molecule has 3 heterocycles. The van der Waals surface area contributed by atoms with Gasteiger partial charge in [-0.05, 0) is 40.4 Å². The third-order valence-corrected chi connectivity index (χ3v) is 6.05. The third-order valence-electron chi connectivity index (χ3n) is 5.43. The van der Waals surface area contributed by atoms with Crippen LogP contribution in [-0.2, 0) is 11.2 Å². The van der Waals surface area contributed by atoms with E-state index in [2.05, 4.69) is 25.9 Å². The summed E-state index contributed by atoms with van der Waals surface area (Å²) >= 11 is 3.38. The average Bonchev–Trinajstić information content (AvgIpc) is 3.02. The molecule has 1 aromatic rings. The summed E-state index contributed by atoms with van der Waals surface area (Å²) in [7, 11) is 0. The lowest BCUT2D eigenvalue weighted by Crippen LogP contribution is -2.50. The van der Waals surface area contributed by atoms with E-state index in [0.29, 0.717) is 22.4 Å². The van der Waals surface area contributed by atoms with Gasteiger partial charge in [-0.15, -0.1) is 0 Å². The van der Waals surface area contributed by atoms with Gasteiger partial charge in [-0.1, -0.05) is 12.2 Å². The van der Waals surface area contributed by atoms with E-state index >= 15 is 0 Å². The number of ketones is 2. The first-order valence-corrected chi connectivity index (χ1v) is 8.86. The first-order chi connectivity index (χ1) is 11.6. The molecule has 6 heteroatoms. The number of nitrogens with zero attached hydrogens (tertiary/aromatic N) is 2. The number of aliphatic imine (C=N–C) groups is 2. The highest BCUT2D eigenvalue weighted by Gasteiger charge is 2.51. The molecular formula is C18H14BrN3O2. The van der Waals surface area contributed by atoms with E-state index in [4.69, 9.17) is 4.99 Å². The minimum absolute atomic E-state index is 0.0315. The van der Waals surface area contributed by atoms with E-state index in [1.807, 2.05) is 18.3 Å². The standard InChI is InChI=1S/C18H14BrN3O2/c19-10-7-18(3-1-11(10)23)4-6-21-16-13(18)14-12-9(2-5-20-14)8-22-15(12)17(16)24/h1,3,7-8,13,22H,2,4-6H2/t13?,18-/m1/s1. The molecule has 5 nitrogen and oxygen atoms in total. The molecule has 1 unspecified atom stereocenters. The van der Waals surface area contributed by atoms with E-state index in [1.54, 1.807) is 6.08 Å². The van der Waals surface area contributed by atoms with E-state index in [0.717, 1.165) is 36.2 Å². The van der Waals surface area contributed by atoms with Gasteiger partial charge in [0, 0.05) is 30.3 Å². The minimum atomic E-state index is -0.415. The van der Waals surface area contributed by atoms with Crippen molar-refractivity contribution in [3.8, 4) is 0 Å². The molecule has 1 N–H and O–H groups in total. The van der Waals surface area contributed by atoms with Gasteiger partial charge in [-0.3, -0.25) is 19.6 Å². The summed E-state index contributed by atoms with van der Waals surface area (Å²) in [6, 6.07) is 0. The van der Waals surface area contributed by atoms with Gasteiger partial charge < -0.3 is 4.98 Å². The maximum Gasteiger partial charge on any atom is 0.224 e. The van der Waals surface area contributed by atoms with Crippen molar-refractivity contribution in [1.29, 1.82) is 0 Å². The molecule has 0 fully saturated rings. The van der Waals surface area contributed by atoms with Crippen LogP contribution in [-0.4, -0.2) is 41.1 Å². The number of carbonyl (C=O) groups is 2. The number of carbonyl (C=O) groups excluding carboxylic acids is 2. The fraction of sp³-hybridized carbons (Fsp3) is 0.333. The molecule has 1 spiro atoms. The zero-order chi connectivity index (χ0) is 16.5. The summed E-state index contributed by atoms with van der Waals surface area (Å²) in [5, 5.41) is 0. The van der Waals surface area contributed by atoms with Crippen LogP contribution in [0.4, 0.5) is 0 Å². The Hall–Kier alpha value is -2.08. The summed E-state index contributed by atoms with van der Waals surface area (Å²) in [6.07, 6.45) is 9.05. The number of allylic oxidation sites excluding steroid dienone is 4. The zero-order valence-electron chi connectivity index (χ0n) is 12.8. The van der Waals surface area contributed by atoms with Crippen LogP contribution in [0.25, 0.3) is 0 Å². The van der Waals surface area contributed by atoms with Gasteiger partial charge in [0.25, 0.3) is 0 Å². The van der Waals surface area contributed by atoms with Gasteiger partial charge in [0.05, 0.1) is 27.5 Å². The highest BCUT2D eigenvalue weighted by Crippen LogP contribution is 2.48. The molecule has 0 radical (unpaired) electrons. The third kappa shape index (κ3) is 1.69. The number of nitrogens with one attached hydrogen (secondary N) is 1. The molecule has 0 aromatic carbocycles.